The number of hydrogen-bond donors (Lipinski definition) is 3. The molecule has 0 aliphatic heterocycles. The Morgan fingerprint density at radius 3 is 2.48 bits per heavy atom. The maximum atomic E-state index is 11.9. The Bertz CT molecular complexity index is 993. The minimum absolute atomic E-state index is 0.000773. The number of rotatable bonds is 7. The molecular formula is C20H24N8O. The average Bonchev–Trinajstić information content (AvgIpc) is 2.73. The molecule has 29 heavy (non-hydrogen) atoms. The third-order valence-electron chi connectivity index (χ3n) is 4.63. The molecule has 0 saturated carbocycles. The molecule has 9 nitrogen and oxygen atoms in total. The number of aromatic nitrogens is 4. The standard InChI is InChI=1S/C20H24N8O/c1-12(2)13(3)28(22)20-25-11-16(17(21)29)19(27-20)26-15-7-4-6-14(10-15)18-23-8-5-9-24-18/h4-13H,22H2,1-3H3,(H2,21,29)(H,25,26,27). The van der Waals surface area contributed by atoms with Crippen LogP contribution in [0.1, 0.15) is 31.1 Å². The van der Waals surface area contributed by atoms with Crippen molar-refractivity contribution in [3.05, 3.63) is 54.5 Å². The van der Waals surface area contributed by atoms with Crippen LogP contribution < -0.4 is 21.9 Å². The average molecular weight is 392 g/mol. The molecule has 1 atom stereocenters. The SMILES string of the molecule is CC(C)C(C)N(N)c1ncc(C(N)=O)c(Nc2cccc(-c3ncccn3)c2)n1. The normalized spacial score (nSPS) is 11.9. The van der Waals surface area contributed by atoms with Crippen LogP contribution >= 0.6 is 0 Å². The van der Waals surface area contributed by atoms with Crippen molar-refractivity contribution in [3.8, 4) is 11.4 Å². The van der Waals surface area contributed by atoms with Crippen LogP contribution in [0.2, 0.25) is 0 Å². The van der Waals surface area contributed by atoms with Crippen molar-refractivity contribution >= 4 is 23.4 Å². The van der Waals surface area contributed by atoms with Gasteiger partial charge in [-0.05, 0) is 31.0 Å². The lowest BCUT2D eigenvalue weighted by Crippen LogP contribution is -2.43. The minimum Gasteiger partial charge on any atom is -0.365 e. The monoisotopic (exact) mass is 392 g/mol. The van der Waals surface area contributed by atoms with E-state index in [1.165, 1.54) is 11.2 Å². The molecular weight excluding hydrogens is 368 g/mol. The van der Waals surface area contributed by atoms with Gasteiger partial charge in [-0.1, -0.05) is 26.0 Å². The summed E-state index contributed by atoms with van der Waals surface area (Å²) in [6, 6.07) is 9.21. The van der Waals surface area contributed by atoms with Gasteiger partial charge >= 0.3 is 0 Å². The molecule has 1 unspecified atom stereocenters. The van der Waals surface area contributed by atoms with Gasteiger partial charge in [0.2, 0.25) is 5.95 Å². The van der Waals surface area contributed by atoms with Crippen molar-refractivity contribution in [1.29, 1.82) is 0 Å². The van der Waals surface area contributed by atoms with E-state index in [0.29, 0.717) is 23.4 Å². The molecule has 0 fully saturated rings. The van der Waals surface area contributed by atoms with Crippen molar-refractivity contribution in [1.82, 2.24) is 19.9 Å². The summed E-state index contributed by atoms with van der Waals surface area (Å²) >= 11 is 0. The molecule has 0 spiro atoms. The fraction of sp³-hybridized carbons (Fsp3) is 0.250. The van der Waals surface area contributed by atoms with Crippen LogP contribution in [0, 0.1) is 5.92 Å². The Kier molecular flexibility index (Phi) is 5.99. The number of nitrogens with one attached hydrogen (secondary N) is 1. The van der Waals surface area contributed by atoms with Crippen molar-refractivity contribution in [2.24, 2.45) is 17.5 Å². The number of hydrazine groups is 1. The molecule has 150 valence electrons. The highest BCUT2D eigenvalue weighted by atomic mass is 16.1. The quantitative estimate of drug-likeness (QED) is 0.412. The maximum absolute atomic E-state index is 11.9. The smallest absolute Gasteiger partial charge is 0.254 e. The summed E-state index contributed by atoms with van der Waals surface area (Å²) in [4.78, 5) is 29.0. The first-order valence-corrected chi connectivity index (χ1v) is 9.22. The Morgan fingerprint density at radius 2 is 1.83 bits per heavy atom. The van der Waals surface area contributed by atoms with E-state index in [0.717, 1.165) is 5.56 Å². The van der Waals surface area contributed by atoms with Crippen LogP contribution in [-0.2, 0) is 0 Å². The number of amides is 1. The molecule has 0 radical (unpaired) electrons. The topological polar surface area (TPSA) is 136 Å². The maximum Gasteiger partial charge on any atom is 0.254 e. The zero-order valence-corrected chi connectivity index (χ0v) is 16.6. The van der Waals surface area contributed by atoms with Gasteiger partial charge in [-0.15, -0.1) is 0 Å². The van der Waals surface area contributed by atoms with Crippen LogP contribution in [-0.4, -0.2) is 31.9 Å². The lowest BCUT2D eigenvalue weighted by Gasteiger charge is -2.27. The van der Waals surface area contributed by atoms with Gasteiger partial charge in [0, 0.05) is 35.9 Å². The fourth-order valence-electron chi connectivity index (χ4n) is 2.60. The molecule has 9 heteroatoms. The molecule has 1 amide bonds. The van der Waals surface area contributed by atoms with E-state index >= 15 is 0 Å². The number of nitrogens with zero attached hydrogens (tertiary/aromatic N) is 5. The van der Waals surface area contributed by atoms with E-state index in [9.17, 15) is 4.79 Å². The summed E-state index contributed by atoms with van der Waals surface area (Å²) in [6.45, 7) is 6.09. The predicted molar refractivity (Wildman–Crippen MR) is 112 cm³/mol. The number of primary amides is 1. The van der Waals surface area contributed by atoms with E-state index in [1.54, 1.807) is 18.5 Å². The van der Waals surface area contributed by atoms with Crippen LogP contribution in [0.15, 0.2) is 48.9 Å². The summed E-state index contributed by atoms with van der Waals surface area (Å²) in [6.07, 6.45) is 4.73. The molecule has 3 rings (SSSR count). The minimum atomic E-state index is -0.637. The number of nitrogens with two attached hydrogens (primary N) is 2. The van der Waals surface area contributed by atoms with Gasteiger partial charge in [-0.2, -0.15) is 4.98 Å². The number of benzene rings is 1. The largest absolute Gasteiger partial charge is 0.365 e. The fourth-order valence-corrected chi connectivity index (χ4v) is 2.60. The molecule has 5 N–H and O–H groups in total. The summed E-state index contributed by atoms with van der Waals surface area (Å²) < 4.78 is 0. The highest BCUT2D eigenvalue weighted by Crippen LogP contribution is 2.24. The molecule has 2 heterocycles. The van der Waals surface area contributed by atoms with Crippen molar-refractivity contribution in [2.75, 3.05) is 10.3 Å². The summed E-state index contributed by atoms with van der Waals surface area (Å²) in [5.74, 6) is 6.99. The first-order valence-electron chi connectivity index (χ1n) is 9.22. The summed E-state index contributed by atoms with van der Waals surface area (Å²) in [7, 11) is 0. The van der Waals surface area contributed by atoms with Gasteiger partial charge in [-0.3, -0.25) is 9.80 Å². The predicted octanol–water partition coefficient (Wildman–Crippen LogP) is 2.50. The molecule has 0 bridgehead atoms. The van der Waals surface area contributed by atoms with E-state index < -0.39 is 5.91 Å². The second kappa shape index (κ2) is 8.61. The zero-order valence-electron chi connectivity index (χ0n) is 16.6. The van der Waals surface area contributed by atoms with Gasteiger partial charge < -0.3 is 11.1 Å². The summed E-state index contributed by atoms with van der Waals surface area (Å²) in [5.41, 5.74) is 7.18. The number of hydrogen-bond acceptors (Lipinski definition) is 8. The van der Waals surface area contributed by atoms with Crippen LogP contribution in [0.5, 0.6) is 0 Å². The molecule has 2 aromatic heterocycles. The van der Waals surface area contributed by atoms with Crippen LogP contribution in [0.3, 0.4) is 0 Å². The van der Waals surface area contributed by atoms with Gasteiger partial charge in [-0.25, -0.2) is 20.8 Å². The van der Waals surface area contributed by atoms with Gasteiger partial charge in [0.15, 0.2) is 5.82 Å². The first-order chi connectivity index (χ1) is 13.9. The Hall–Kier alpha value is -3.59. The Balaban J connectivity index is 1.95. The second-order valence-electron chi connectivity index (χ2n) is 6.97. The van der Waals surface area contributed by atoms with Crippen LogP contribution in [0.25, 0.3) is 11.4 Å². The zero-order chi connectivity index (χ0) is 21.0. The van der Waals surface area contributed by atoms with Crippen LogP contribution in [0.4, 0.5) is 17.5 Å². The third kappa shape index (κ3) is 4.64. The number of carbonyl (C=O) groups is 1. The second-order valence-corrected chi connectivity index (χ2v) is 6.97. The Morgan fingerprint density at radius 1 is 1.10 bits per heavy atom. The van der Waals surface area contributed by atoms with Gasteiger partial charge in [0.05, 0.1) is 0 Å². The number of carbonyl (C=O) groups excluding carboxylic acids is 1. The lowest BCUT2D eigenvalue weighted by atomic mass is 10.1. The lowest BCUT2D eigenvalue weighted by molar-refractivity contribution is 0.100. The van der Waals surface area contributed by atoms with E-state index in [1.807, 2.05) is 31.2 Å². The molecule has 3 aromatic rings. The number of anilines is 3. The van der Waals surface area contributed by atoms with E-state index in [4.69, 9.17) is 11.6 Å². The van der Waals surface area contributed by atoms with Crippen molar-refractivity contribution in [3.63, 3.8) is 0 Å². The van der Waals surface area contributed by atoms with Crippen molar-refractivity contribution in [2.45, 2.75) is 26.8 Å². The molecule has 0 aliphatic carbocycles. The first kappa shape index (κ1) is 20.2. The van der Waals surface area contributed by atoms with E-state index in [-0.39, 0.29) is 17.4 Å². The van der Waals surface area contributed by atoms with Gasteiger partial charge in [0.25, 0.3) is 5.91 Å². The van der Waals surface area contributed by atoms with E-state index in [2.05, 4.69) is 39.1 Å². The van der Waals surface area contributed by atoms with Gasteiger partial charge in [0.1, 0.15) is 11.4 Å². The molecule has 0 aliphatic rings. The van der Waals surface area contributed by atoms with Crippen molar-refractivity contribution < 1.29 is 4.79 Å². The highest BCUT2D eigenvalue weighted by Gasteiger charge is 2.20. The summed E-state index contributed by atoms with van der Waals surface area (Å²) in [5, 5.41) is 4.62. The molecule has 1 aromatic carbocycles. The third-order valence-corrected chi connectivity index (χ3v) is 4.63. The molecule has 0 saturated heterocycles. The highest BCUT2D eigenvalue weighted by molar-refractivity contribution is 5.98. The Labute approximate surface area is 169 Å².